The third-order valence-corrected chi connectivity index (χ3v) is 6.62. The average molecular weight is 523 g/mol. The fraction of sp³-hybridized carbons (Fsp3) is 0.241. The highest BCUT2D eigenvalue weighted by atomic mass is 35.5. The summed E-state index contributed by atoms with van der Waals surface area (Å²) in [5.41, 5.74) is 3.83. The standard InChI is InChI=1S/C29H28ClFN2O4/c1-4-18-13-24(8-5-19(18)6-10-28(34)35)37-25-14-20(12-23(31)16-25)17(2)32-29(36)27-15-21-11-22(30)7-9-26(21)33(27)3/h5,7-9,11-17H,4,6,10H2,1-3H3,(H,32,36)(H,34,35)/t17-/m0/s1. The van der Waals surface area contributed by atoms with Crippen molar-refractivity contribution in [1.82, 2.24) is 9.88 Å². The molecule has 0 aliphatic rings. The first-order valence-electron chi connectivity index (χ1n) is 12.0. The Bertz CT molecular complexity index is 1480. The Labute approximate surface area is 219 Å². The SMILES string of the molecule is CCc1cc(Oc2cc(F)cc([C@H](C)NC(=O)c3cc4cc(Cl)ccc4n3C)c2)ccc1CCC(=O)O. The van der Waals surface area contributed by atoms with Crippen LogP contribution in [0.2, 0.25) is 5.02 Å². The van der Waals surface area contributed by atoms with E-state index in [9.17, 15) is 14.0 Å². The number of ether oxygens (including phenoxy) is 1. The summed E-state index contributed by atoms with van der Waals surface area (Å²) in [6, 6.07) is 16.5. The Kier molecular flexibility index (Phi) is 7.83. The zero-order chi connectivity index (χ0) is 26.7. The molecule has 1 aromatic heterocycles. The minimum atomic E-state index is -0.847. The van der Waals surface area contributed by atoms with Gasteiger partial charge in [-0.3, -0.25) is 9.59 Å². The highest BCUT2D eigenvalue weighted by Gasteiger charge is 2.18. The minimum absolute atomic E-state index is 0.0522. The third-order valence-electron chi connectivity index (χ3n) is 6.38. The molecule has 1 amide bonds. The smallest absolute Gasteiger partial charge is 0.303 e. The van der Waals surface area contributed by atoms with Crippen molar-refractivity contribution in [2.24, 2.45) is 7.05 Å². The molecule has 8 heteroatoms. The summed E-state index contributed by atoms with van der Waals surface area (Å²) in [4.78, 5) is 24.0. The van der Waals surface area contributed by atoms with Gasteiger partial charge < -0.3 is 19.7 Å². The van der Waals surface area contributed by atoms with E-state index < -0.39 is 17.8 Å². The Morgan fingerprint density at radius 1 is 1.05 bits per heavy atom. The fourth-order valence-corrected chi connectivity index (χ4v) is 4.58. The van der Waals surface area contributed by atoms with Gasteiger partial charge in [0.2, 0.25) is 0 Å². The summed E-state index contributed by atoms with van der Waals surface area (Å²) >= 11 is 6.08. The Balaban J connectivity index is 1.51. The van der Waals surface area contributed by atoms with Gasteiger partial charge >= 0.3 is 5.97 Å². The summed E-state index contributed by atoms with van der Waals surface area (Å²) in [6.45, 7) is 3.76. The summed E-state index contributed by atoms with van der Waals surface area (Å²) in [7, 11) is 1.81. The first kappa shape index (κ1) is 26.2. The molecule has 4 rings (SSSR count). The molecule has 1 heterocycles. The fourth-order valence-electron chi connectivity index (χ4n) is 4.40. The molecule has 3 aromatic carbocycles. The van der Waals surface area contributed by atoms with Crippen molar-refractivity contribution in [3.8, 4) is 11.5 Å². The maximum Gasteiger partial charge on any atom is 0.303 e. The molecule has 1 atom stereocenters. The van der Waals surface area contributed by atoms with E-state index in [1.807, 2.05) is 25.1 Å². The molecule has 6 nitrogen and oxygen atoms in total. The molecule has 192 valence electrons. The van der Waals surface area contributed by atoms with Crippen LogP contribution in [-0.2, 0) is 24.7 Å². The van der Waals surface area contributed by atoms with Crippen molar-refractivity contribution < 1.29 is 23.8 Å². The van der Waals surface area contributed by atoms with Crippen molar-refractivity contribution in [3.63, 3.8) is 0 Å². The van der Waals surface area contributed by atoms with Crippen molar-refractivity contribution in [2.45, 2.75) is 39.2 Å². The largest absolute Gasteiger partial charge is 0.481 e. The topological polar surface area (TPSA) is 80.6 Å². The summed E-state index contributed by atoms with van der Waals surface area (Å²) in [5.74, 6) is -0.796. The number of nitrogens with zero attached hydrogens (tertiary/aromatic N) is 1. The van der Waals surface area contributed by atoms with Crippen LogP contribution < -0.4 is 10.1 Å². The van der Waals surface area contributed by atoms with Crippen LogP contribution in [0.25, 0.3) is 10.9 Å². The molecule has 0 bridgehead atoms. The molecule has 0 radical (unpaired) electrons. The number of carboxylic acid groups (broad SMARTS) is 1. The molecule has 37 heavy (non-hydrogen) atoms. The second-order valence-corrected chi connectivity index (χ2v) is 9.42. The highest BCUT2D eigenvalue weighted by molar-refractivity contribution is 6.31. The molecule has 0 saturated carbocycles. The number of aryl methyl sites for hydroxylation is 3. The lowest BCUT2D eigenvalue weighted by Gasteiger charge is -2.17. The number of carboxylic acids is 1. The number of rotatable bonds is 9. The van der Waals surface area contributed by atoms with Gasteiger partial charge in [0, 0.05) is 35.5 Å². The van der Waals surface area contributed by atoms with Crippen LogP contribution in [0.15, 0.2) is 60.7 Å². The van der Waals surface area contributed by atoms with Crippen molar-refractivity contribution in [1.29, 1.82) is 0 Å². The number of aliphatic carboxylic acids is 1. The second-order valence-electron chi connectivity index (χ2n) is 8.99. The molecular weight excluding hydrogens is 495 g/mol. The normalized spacial score (nSPS) is 11.9. The monoisotopic (exact) mass is 522 g/mol. The van der Waals surface area contributed by atoms with Gasteiger partial charge in [-0.1, -0.05) is 24.6 Å². The predicted molar refractivity (Wildman–Crippen MR) is 142 cm³/mol. The Hall–Kier alpha value is -3.84. The number of carbonyl (C=O) groups excluding carboxylic acids is 1. The Morgan fingerprint density at radius 2 is 1.84 bits per heavy atom. The van der Waals surface area contributed by atoms with E-state index >= 15 is 0 Å². The maximum absolute atomic E-state index is 14.5. The van der Waals surface area contributed by atoms with Gasteiger partial charge in [-0.25, -0.2) is 4.39 Å². The first-order valence-corrected chi connectivity index (χ1v) is 12.4. The number of halogens is 2. The van der Waals surface area contributed by atoms with Gasteiger partial charge in [-0.05, 0) is 85.0 Å². The zero-order valence-corrected chi connectivity index (χ0v) is 21.6. The molecular formula is C29H28ClFN2O4. The van der Waals surface area contributed by atoms with E-state index in [1.165, 1.54) is 12.1 Å². The van der Waals surface area contributed by atoms with Gasteiger partial charge in [0.05, 0.1) is 6.04 Å². The zero-order valence-electron chi connectivity index (χ0n) is 20.8. The first-order chi connectivity index (χ1) is 17.6. The molecule has 0 fully saturated rings. The third kappa shape index (κ3) is 6.12. The van der Waals surface area contributed by atoms with E-state index in [4.69, 9.17) is 21.4 Å². The second kappa shape index (κ2) is 11.0. The molecule has 0 unspecified atom stereocenters. The predicted octanol–water partition coefficient (Wildman–Crippen LogP) is 6.83. The lowest BCUT2D eigenvalue weighted by atomic mass is 10.0. The van der Waals surface area contributed by atoms with Gasteiger partial charge in [0.1, 0.15) is 23.0 Å². The van der Waals surface area contributed by atoms with E-state index in [0.717, 1.165) is 22.0 Å². The molecule has 0 spiro atoms. The lowest BCUT2D eigenvalue weighted by Crippen LogP contribution is -2.28. The minimum Gasteiger partial charge on any atom is -0.481 e. The van der Waals surface area contributed by atoms with Crippen molar-refractivity contribution >= 4 is 34.4 Å². The number of aromatic nitrogens is 1. The average Bonchev–Trinajstić information content (AvgIpc) is 3.18. The number of hydrogen-bond acceptors (Lipinski definition) is 3. The van der Waals surface area contributed by atoms with E-state index in [-0.39, 0.29) is 12.3 Å². The van der Waals surface area contributed by atoms with Crippen LogP contribution in [0.5, 0.6) is 11.5 Å². The van der Waals surface area contributed by atoms with Crippen LogP contribution in [0.4, 0.5) is 4.39 Å². The number of fused-ring (bicyclic) bond motifs is 1. The lowest BCUT2D eigenvalue weighted by molar-refractivity contribution is -0.136. The molecule has 0 aliphatic heterocycles. The molecule has 2 N–H and O–H groups in total. The Morgan fingerprint density at radius 3 is 2.57 bits per heavy atom. The van der Waals surface area contributed by atoms with Crippen molar-refractivity contribution in [3.05, 3.63) is 93.9 Å². The number of benzene rings is 3. The number of carbonyl (C=O) groups is 2. The number of nitrogens with one attached hydrogen (secondary N) is 1. The molecule has 4 aromatic rings. The van der Waals surface area contributed by atoms with Gasteiger partial charge in [0.15, 0.2) is 0 Å². The van der Waals surface area contributed by atoms with Crippen LogP contribution in [0, 0.1) is 5.82 Å². The van der Waals surface area contributed by atoms with E-state index in [0.29, 0.717) is 40.6 Å². The van der Waals surface area contributed by atoms with Crippen LogP contribution in [0.1, 0.15) is 53.5 Å². The molecule has 0 aliphatic carbocycles. The maximum atomic E-state index is 14.5. The van der Waals surface area contributed by atoms with Crippen LogP contribution >= 0.6 is 11.6 Å². The van der Waals surface area contributed by atoms with E-state index in [1.54, 1.807) is 48.9 Å². The van der Waals surface area contributed by atoms with Crippen molar-refractivity contribution in [2.75, 3.05) is 0 Å². The van der Waals surface area contributed by atoms with E-state index in [2.05, 4.69) is 5.32 Å². The molecule has 0 saturated heterocycles. The quantitative estimate of drug-likeness (QED) is 0.252. The van der Waals surface area contributed by atoms with Crippen LogP contribution in [-0.4, -0.2) is 21.6 Å². The highest BCUT2D eigenvalue weighted by Crippen LogP contribution is 2.29. The summed E-state index contributed by atoms with van der Waals surface area (Å²) in [6.07, 6.45) is 1.20. The van der Waals surface area contributed by atoms with Gasteiger partial charge in [-0.15, -0.1) is 0 Å². The number of hydrogen-bond donors (Lipinski definition) is 2. The summed E-state index contributed by atoms with van der Waals surface area (Å²) < 4.78 is 22.3. The number of amides is 1. The van der Waals surface area contributed by atoms with Gasteiger partial charge in [0.25, 0.3) is 5.91 Å². The van der Waals surface area contributed by atoms with Gasteiger partial charge in [-0.2, -0.15) is 0 Å². The summed E-state index contributed by atoms with van der Waals surface area (Å²) in [5, 5.41) is 13.3. The van der Waals surface area contributed by atoms with Crippen LogP contribution in [0.3, 0.4) is 0 Å².